The van der Waals surface area contributed by atoms with Gasteiger partial charge < -0.3 is 35.4 Å². The van der Waals surface area contributed by atoms with Crippen molar-refractivity contribution in [1.82, 2.24) is 45.2 Å². The van der Waals surface area contributed by atoms with Crippen molar-refractivity contribution < 1.29 is 33.5 Å². The van der Waals surface area contributed by atoms with E-state index >= 15 is 4.39 Å². The second kappa shape index (κ2) is 17.6. The van der Waals surface area contributed by atoms with E-state index in [0.717, 1.165) is 42.0 Å². The molecule has 2 aliphatic heterocycles. The quantitative estimate of drug-likeness (QED) is 0.111. The van der Waals surface area contributed by atoms with Gasteiger partial charge in [0.15, 0.2) is 17.1 Å². The normalized spacial score (nSPS) is 18.5. The van der Waals surface area contributed by atoms with E-state index in [1.807, 2.05) is 37.6 Å². The third kappa shape index (κ3) is 8.65. The van der Waals surface area contributed by atoms with Crippen LogP contribution in [0.5, 0.6) is 11.6 Å². The summed E-state index contributed by atoms with van der Waals surface area (Å²) in [4.78, 5) is 36.6. The number of ether oxygens (including phenoxy) is 1. The van der Waals surface area contributed by atoms with Crippen molar-refractivity contribution in [2.24, 2.45) is 5.92 Å². The smallest absolute Gasteiger partial charge is 0.254 e. The third-order valence-corrected chi connectivity index (χ3v) is 12.6. The molecule has 6 heterocycles. The number of amides is 2. The Morgan fingerprint density at radius 1 is 1.10 bits per heavy atom. The number of halogens is 1. The number of nitrogens with one attached hydrogen (secondary N) is 1. The number of aromatic hydroxyl groups is 1. The van der Waals surface area contributed by atoms with Crippen LogP contribution >= 0.6 is 11.3 Å². The number of piperidine rings is 1. The van der Waals surface area contributed by atoms with E-state index in [-0.39, 0.29) is 42.5 Å². The maximum atomic E-state index is 15.3. The lowest BCUT2D eigenvalue weighted by molar-refractivity contribution is -0.141. The van der Waals surface area contributed by atoms with Crippen LogP contribution in [0.4, 0.5) is 10.2 Å². The fraction of sp³-hybridized carbons (Fsp3) is 0.419. The molecule has 4 aromatic heterocycles. The summed E-state index contributed by atoms with van der Waals surface area (Å²) in [6, 6.07) is 13.8. The third-order valence-electron chi connectivity index (χ3n) is 11.7. The molecule has 0 spiro atoms. The van der Waals surface area contributed by atoms with Gasteiger partial charge in [0, 0.05) is 49.8 Å². The Morgan fingerprint density at radius 3 is 2.61 bits per heavy atom. The zero-order valence-corrected chi connectivity index (χ0v) is 35.2. The molecule has 4 atom stereocenters. The average molecular weight is 853 g/mol. The van der Waals surface area contributed by atoms with Gasteiger partial charge in [-0.1, -0.05) is 38.1 Å². The van der Waals surface area contributed by atoms with Crippen LogP contribution < -0.4 is 15.8 Å². The molecule has 2 amide bonds. The largest absolute Gasteiger partial charge is 0.507 e. The molecular formula is C43H49FN10O6S. The first-order valence-corrected chi connectivity index (χ1v) is 21.3. The molecule has 0 bridgehead atoms. The number of nitrogen functional groups attached to an aromatic ring is 1. The van der Waals surface area contributed by atoms with Gasteiger partial charge in [0.05, 0.1) is 45.5 Å². The van der Waals surface area contributed by atoms with E-state index in [1.165, 1.54) is 22.3 Å². The Kier molecular flexibility index (Phi) is 12.0. The summed E-state index contributed by atoms with van der Waals surface area (Å²) in [5.41, 5.74) is 12.2. The highest BCUT2D eigenvalue weighted by molar-refractivity contribution is 7.13. The highest BCUT2D eigenvalue weighted by atomic mass is 32.1. The van der Waals surface area contributed by atoms with Crippen LogP contribution in [0.1, 0.15) is 75.1 Å². The van der Waals surface area contributed by atoms with Crippen LogP contribution in [0, 0.1) is 18.7 Å². The molecule has 2 aliphatic rings. The van der Waals surface area contributed by atoms with Crippen molar-refractivity contribution in [2.75, 3.05) is 38.5 Å². The molecule has 1 unspecified atom stereocenters. The van der Waals surface area contributed by atoms with Crippen molar-refractivity contribution >= 4 is 40.0 Å². The number of aromatic nitrogens is 6. The number of carbonyl (C=O) groups excluding carboxylic acids is 2. The van der Waals surface area contributed by atoms with Crippen LogP contribution in [0.2, 0.25) is 0 Å². The maximum absolute atomic E-state index is 15.3. The lowest BCUT2D eigenvalue weighted by Crippen LogP contribution is -2.48. The molecule has 0 saturated carbocycles. The Bertz CT molecular complexity index is 2530. The Morgan fingerprint density at radius 2 is 1.89 bits per heavy atom. The second-order valence-electron chi connectivity index (χ2n) is 16.2. The molecule has 6 aromatic rings. The Balaban J connectivity index is 0.856. The number of β-amino-alcohol motifs (C(OH)–C–C–N with tert-alkyl or cyclic N) is 1. The summed E-state index contributed by atoms with van der Waals surface area (Å²) < 4.78 is 28.9. The SMILES string of the molecule is Cc1ncsc1-c1ccc([C@H](C)NC(=O)[C@@H]2C[C@@H](O)CN2C(=O)C(c2cc(OCCN3CCC(n4nc(N)c5nnc(-c6ccccc6O)cc54)CC3)no2)C(C)C)c(F)c1. The molecule has 2 saturated heterocycles. The maximum Gasteiger partial charge on any atom is 0.254 e. The van der Waals surface area contributed by atoms with Gasteiger partial charge in [0.25, 0.3) is 5.88 Å². The topological polar surface area (TPSA) is 211 Å². The minimum absolute atomic E-state index is 0.0304. The minimum Gasteiger partial charge on any atom is -0.507 e. The number of anilines is 1. The molecule has 8 rings (SSSR count). The number of phenols is 1. The van der Waals surface area contributed by atoms with Crippen molar-refractivity contribution in [3.63, 3.8) is 0 Å². The van der Waals surface area contributed by atoms with E-state index in [9.17, 15) is 19.8 Å². The molecular weight excluding hydrogens is 804 g/mol. The number of phenolic OH excluding ortho intramolecular Hbond substituents is 1. The fourth-order valence-corrected chi connectivity index (χ4v) is 9.22. The predicted octanol–water partition coefficient (Wildman–Crippen LogP) is 5.63. The highest BCUT2D eigenvalue weighted by Gasteiger charge is 2.43. The molecule has 0 aliphatic carbocycles. The number of para-hydroxylation sites is 1. The standard InChI is InChI=1S/C43H49FN10O6S/c1-23(2)38(43(58)53-21-28(55)18-34(53)42(57)47-24(3)29-10-9-26(17-31(29)44)40-25(4)46-22-61-40)36-20-37(51-60-36)59-16-15-52-13-11-27(12-14-52)54-33-19-32(30-7-5-6-8-35(30)56)48-49-39(33)41(45)50-54/h5-10,17,19-20,22-24,27-28,34,38,55-56H,11-16,18,21H2,1-4H3,(H2,45,50)(H,47,57)/t24-,28+,34-,38?/m0/s1. The number of hydrogen-bond acceptors (Lipinski definition) is 14. The molecule has 0 radical (unpaired) electrons. The number of aliphatic hydroxyl groups is 1. The van der Waals surface area contributed by atoms with Gasteiger partial charge >= 0.3 is 0 Å². The first-order valence-electron chi connectivity index (χ1n) is 20.5. The van der Waals surface area contributed by atoms with Gasteiger partial charge in [-0.2, -0.15) is 5.10 Å². The molecule has 320 valence electrons. The first kappa shape index (κ1) is 41.7. The predicted molar refractivity (Wildman–Crippen MR) is 226 cm³/mol. The van der Waals surface area contributed by atoms with Gasteiger partial charge in [0.1, 0.15) is 30.1 Å². The van der Waals surface area contributed by atoms with E-state index in [0.29, 0.717) is 52.6 Å². The zero-order chi connectivity index (χ0) is 42.9. The number of benzene rings is 2. The number of likely N-dealkylation sites (tertiary alicyclic amines) is 2. The summed E-state index contributed by atoms with van der Waals surface area (Å²) in [5, 5.41) is 41.2. The van der Waals surface area contributed by atoms with Gasteiger partial charge in [-0.05, 0) is 67.6 Å². The number of carbonyl (C=O) groups is 2. The summed E-state index contributed by atoms with van der Waals surface area (Å²) >= 11 is 1.43. The van der Waals surface area contributed by atoms with Gasteiger partial charge in [-0.25, -0.2) is 9.37 Å². The zero-order valence-electron chi connectivity index (χ0n) is 34.4. The van der Waals surface area contributed by atoms with E-state index < -0.39 is 35.8 Å². The first-order chi connectivity index (χ1) is 29.4. The van der Waals surface area contributed by atoms with Gasteiger partial charge in [0.2, 0.25) is 11.8 Å². The van der Waals surface area contributed by atoms with Crippen LogP contribution in [-0.4, -0.2) is 107 Å². The second-order valence-corrected chi connectivity index (χ2v) is 17.0. The number of rotatable bonds is 13. The monoisotopic (exact) mass is 852 g/mol. The number of aliphatic hydroxyl groups excluding tert-OH is 1. The molecule has 61 heavy (non-hydrogen) atoms. The van der Waals surface area contributed by atoms with E-state index in [2.05, 4.69) is 35.7 Å². The van der Waals surface area contributed by atoms with E-state index in [1.54, 1.807) is 48.8 Å². The summed E-state index contributed by atoms with van der Waals surface area (Å²) in [6.45, 7) is 9.82. The molecule has 16 nitrogen and oxygen atoms in total. The van der Waals surface area contributed by atoms with Crippen LogP contribution in [0.15, 0.2) is 64.6 Å². The highest BCUT2D eigenvalue weighted by Crippen LogP contribution is 2.35. The fourth-order valence-electron chi connectivity index (χ4n) is 8.42. The van der Waals surface area contributed by atoms with Crippen molar-refractivity contribution in [2.45, 2.75) is 77.1 Å². The number of aryl methyl sites for hydroxylation is 1. The summed E-state index contributed by atoms with van der Waals surface area (Å²) in [7, 11) is 0. The minimum atomic E-state index is -0.963. The van der Waals surface area contributed by atoms with Crippen LogP contribution in [-0.2, 0) is 9.59 Å². The number of hydrogen-bond donors (Lipinski definition) is 4. The molecule has 18 heteroatoms. The van der Waals surface area contributed by atoms with Gasteiger partial charge in [-0.3, -0.25) is 19.2 Å². The van der Waals surface area contributed by atoms with Crippen molar-refractivity contribution in [3.8, 4) is 33.3 Å². The van der Waals surface area contributed by atoms with Crippen LogP contribution in [0.25, 0.3) is 32.7 Å². The van der Waals surface area contributed by atoms with Crippen LogP contribution in [0.3, 0.4) is 0 Å². The number of fused-ring (bicyclic) bond motifs is 1. The number of nitrogens with zero attached hydrogens (tertiary/aromatic N) is 8. The number of thiazole rings is 1. The number of nitrogens with two attached hydrogens (primary N) is 1. The molecule has 2 aromatic carbocycles. The Labute approximate surface area is 355 Å². The average Bonchev–Trinajstić information content (AvgIpc) is 4.05. The Hall–Kier alpha value is -5.98. The molecule has 5 N–H and O–H groups in total. The van der Waals surface area contributed by atoms with Gasteiger partial charge in [-0.15, -0.1) is 21.5 Å². The summed E-state index contributed by atoms with van der Waals surface area (Å²) in [6.07, 6.45) is 0.773. The van der Waals surface area contributed by atoms with E-state index in [4.69, 9.17) is 15.0 Å². The molecule has 2 fully saturated rings. The summed E-state index contributed by atoms with van der Waals surface area (Å²) in [5.74, 6) is -1.40. The van der Waals surface area contributed by atoms with Crippen molar-refractivity contribution in [3.05, 3.63) is 82.9 Å². The lowest BCUT2D eigenvalue weighted by Gasteiger charge is -2.32. The lowest BCUT2D eigenvalue weighted by atomic mass is 9.91. The van der Waals surface area contributed by atoms with Crippen molar-refractivity contribution in [1.29, 1.82) is 0 Å².